The molecule has 0 radical (unpaired) electrons. The quantitative estimate of drug-likeness (QED) is 0.500. The van der Waals surface area contributed by atoms with Crippen LogP contribution in [0.5, 0.6) is 0 Å². The van der Waals surface area contributed by atoms with Gasteiger partial charge in [0, 0.05) is 35.8 Å². The number of Topliss-reactive ketones (excluding diaryl/α,β-unsaturated/α-hetero) is 2. The Kier molecular flexibility index (Phi) is 4.85. The fourth-order valence-corrected chi connectivity index (χ4v) is 8.57. The monoisotopic (exact) mass is 490 g/mol. The zero-order valence-corrected chi connectivity index (χ0v) is 21.9. The second-order valence-corrected chi connectivity index (χ2v) is 12.2. The lowest BCUT2D eigenvalue weighted by molar-refractivity contribution is -0.201. The van der Waals surface area contributed by atoms with Crippen molar-refractivity contribution in [3.05, 3.63) is 45.6 Å². The fraction of sp³-hybridized carbons (Fsp3) is 0.600. The van der Waals surface area contributed by atoms with E-state index in [-0.39, 0.29) is 59.0 Å². The van der Waals surface area contributed by atoms with E-state index in [4.69, 9.17) is 9.47 Å². The molecule has 0 amide bonds. The number of rotatable bonds is 1. The van der Waals surface area contributed by atoms with Gasteiger partial charge in [0.05, 0.1) is 0 Å². The van der Waals surface area contributed by atoms with Gasteiger partial charge in [-0.2, -0.15) is 0 Å². The molecule has 0 aromatic heterocycles. The number of ketones is 2. The summed E-state index contributed by atoms with van der Waals surface area (Å²) < 4.78 is 12.9. The summed E-state index contributed by atoms with van der Waals surface area (Å²) >= 11 is 0. The Labute approximate surface area is 211 Å². The molecule has 0 aromatic carbocycles. The first-order chi connectivity index (χ1) is 16.9. The molecule has 2 heterocycles. The summed E-state index contributed by atoms with van der Waals surface area (Å²) in [6.45, 7) is 11.6. The molecule has 6 nitrogen and oxygen atoms in total. The maximum atomic E-state index is 13.3. The van der Waals surface area contributed by atoms with Crippen LogP contribution in [0.4, 0.5) is 0 Å². The standard InChI is InChI=1S/C30H34O6/c1-13-7-21-19(9-23(13)31)15(3)11-29(25(21)17(5)27(33)35-29)30-12-16(4)20-10-24(32)14(2)8-22(20)26(30)18(6)28(34)36-30/h7-8,15-16,19-22H,9-12H2,1-6H3/t15-,16-,19+,20+,21+,22+,29-,30-/m1/s1. The molecule has 2 aliphatic heterocycles. The summed E-state index contributed by atoms with van der Waals surface area (Å²) in [6, 6.07) is 0. The zero-order chi connectivity index (χ0) is 25.9. The van der Waals surface area contributed by atoms with Crippen molar-refractivity contribution in [2.24, 2.45) is 35.5 Å². The van der Waals surface area contributed by atoms with E-state index in [1.54, 1.807) is 0 Å². The van der Waals surface area contributed by atoms with Gasteiger partial charge >= 0.3 is 11.9 Å². The van der Waals surface area contributed by atoms with Crippen LogP contribution in [0.1, 0.15) is 67.2 Å². The predicted molar refractivity (Wildman–Crippen MR) is 131 cm³/mol. The molecular formula is C30H34O6. The smallest absolute Gasteiger partial charge is 0.334 e. The third-order valence-electron chi connectivity index (χ3n) is 10.3. The van der Waals surface area contributed by atoms with E-state index in [1.807, 2.05) is 39.8 Å². The molecule has 6 heteroatoms. The maximum absolute atomic E-state index is 13.3. The van der Waals surface area contributed by atoms with Crippen LogP contribution in [0.25, 0.3) is 0 Å². The van der Waals surface area contributed by atoms with Gasteiger partial charge < -0.3 is 9.47 Å². The molecule has 36 heavy (non-hydrogen) atoms. The topological polar surface area (TPSA) is 86.7 Å². The third kappa shape index (κ3) is 2.73. The van der Waals surface area contributed by atoms with Crippen molar-refractivity contribution in [2.45, 2.75) is 78.4 Å². The SMILES string of the molecule is CC1=C[C@@H]2C3=C(C)C(=O)O[C@]3([C@@]34C[C@@H](C)[C@@H]5CC(=O)C(C)=C[C@@H]5C3=C(C)C(=O)O4)C[C@@H](C)[C@@H]2CC1=O. The molecule has 190 valence electrons. The number of hydrogen-bond donors (Lipinski definition) is 0. The van der Waals surface area contributed by atoms with Gasteiger partial charge in [0.25, 0.3) is 0 Å². The Bertz CT molecular complexity index is 1180. The Morgan fingerprint density at radius 2 is 1.03 bits per heavy atom. The molecule has 0 bridgehead atoms. The van der Waals surface area contributed by atoms with Crippen LogP contribution in [-0.2, 0) is 28.7 Å². The van der Waals surface area contributed by atoms with Crippen molar-refractivity contribution in [3.8, 4) is 0 Å². The van der Waals surface area contributed by atoms with Gasteiger partial charge in [0.2, 0.25) is 0 Å². The molecule has 2 fully saturated rings. The minimum atomic E-state index is -1.11. The van der Waals surface area contributed by atoms with Crippen LogP contribution >= 0.6 is 0 Å². The molecular weight excluding hydrogens is 456 g/mol. The highest BCUT2D eigenvalue weighted by atomic mass is 16.6. The number of allylic oxidation sites excluding steroid dienone is 4. The van der Waals surface area contributed by atoms with E-state index in [0.29, 0.717) is 48.0 Å². The summed E-state index contributed by atoms with van der Waals surface area (Å²) in [7, 11) is 0. The molecule has 0 spiro atoms. The summed E-state index contributed by atoms with van der Waals surface area (Å²) in [5.41, 5.74) is 2.13. The van der Waals surface area contributed by atoms with E-state index in [0.717, 1.165) is 11.1 Å². The van der Waals surface area contributed by atoms with Crippen LogP contribution in [0.15, 0.2) is 45.6 Å². The summed E-state index contributed by atoms with van der Waals surface area (Å²) in [5, 5.41) is 0. The number of fused-ring (bicyclic) bond motifs is 7. The first-order valence-electron chi connectivity index (χ1n) is 13.2. The van der Waals surface area contributed by atoms with Gasteiger partial charge in [-0.25, -0.2) is 9.59 Å². The molecule has 0 saturated heterocycles. The molecule has 6 rings (SSSR count). The van der Waals surface area contributed by atoms with Crippen LogP contribution in [-0.4, -0.2) is 34.7 Å². The Hall–Kier alpha value is -2.76. The normalized spacial score (nSPS) is 43.8. The number of hydrogen-bond acceptors (Lipinski definition) is 6. The van der Waals surface area contributed by atoms with Gasteiger partial charge in [0.15, 0.2) is 22.8 Å². The van der Waals surface area contributed by atoms with Crippen molar-refractivity contribution in [1.82, 2.24) is 0 Å². The van der Waals surface area contributed by atoms with Gasteiger partial charge in [-0.15, -0.1) is 0 Å². The van der Waals surface area contributed by atoms with Crippen LogP contribution < -0.4 is 0 Å². The van der Waals surface area contributed by atoms with Crippen molar-refractivity contribution in [2.75, 3.05) is 0 Å². The van der Waals surface area contributed by atoms with Crippen LogP contribution in [0.3, 0.4) is 0 Å². The van der Waals surface area contributed by atoms with Gasteiger partial charge in [-0.3, -0.25) is 9.59 Å². The summed E-state index contributed by atoms with van der Waals surface area (Å²) in [6.07, 6.45) is 5.95. The van der Waals surface area contributed by atoms with Gasteiger partial charge in [0.1, 0.15) is 0 Å². The lowest BCUT2D eigenvalue weighted by Gasteiger charge is -2.58. The largest absolute Gasteiger partial charge is 0.446 e. The molecule has 2 saturated carbocycles. The molecule has 8 atom stereocenters. The number of esters is 2. The molecule has 0 N–H and O–H groups in total. The maximum Gasteiger partial charge on any atom is 0.334 e. The van der Waals surface area contributed by atoms with Gasteiger partial charge in [-0.1, -0.05) is 26.0 Å². The highest BCUT2D eigenvalue weighted by molar-refractivity contribution is 5.99. The molecule has 0 unspecified atom stereocenters. The van der Waals surface area contributed by atoms with Crippen LogP contribution in [0.2, 0.25) is 0 Å². The van der Waals surface area contributed by atoms with Crippen molar-refractivity contribution in [1.29, 1.82) is 0 Å². The average Bonchev–Trinajstić information content (AvgIpc) is 3.22. The number of carbonyl (C=O) groups is 4. The molecule has 6 aliphatic rings. The first kappa shape index (κ1) is 23.6. The van der Waals surface area contributed by atoms with Crippen molar-refractivity contribution in [3.63, 3.8) is 0 Å². The molecule has 0 aromatic rings. The highest BCUT2D eigenvalue weighted by Gasteiger charge is 2.73. The van der Waals surface area contributed by atoms with Crippen LogP contribution in [0, 0.1) is 35.5 Å². The first-order valence-corrected chi connectivity index (χ1v) is 13.2. The minimum Gasteiger partial charge on any atom is -0.446 e. The fourth-order valence-electron chi connectivity index (χ4n) is 8.57. The second-order valence-electron chi connectivity index (χ2n) is 12.2. The highest BCUT2D eigenvalue weighted by Crippen LogP contribution is 2.66. The average molecular weight is 491 g/mol. The summed E-state index contributed by atoms with van der Waals surface area (Å²) in [4.78, 5) is 52.0. The van der Waals surface area contributed by atoms with E-state index < -0.39 is 11.2 Å². The van der Waals surface area contributed by atoms with Gasteiger partial charge in [-0.05, 0) is 86.5 Å². The van der Waals surface area contributed by atoms with E-state index in [9.17, 15) is 19.2 Å². The lowest BCUT2D eigenvalue weighted by Crippen LogP contribution is -2.65. The second kappa shape index (κ2) is 7.39. The Morgan fingerprint density at radius 3 is 1.39 bits per heavy atom. The van der Waals surface area contributed by atoms with E-state index >= 15 is 0 Å². The number of ether oxygens (including phenoxy) is 2. The minimum absolute atomic E-state index is 0.0824. The van der Waals surface area contributed by atoms with Crippen molar-refractivity contribution >= 4 is 23.5 Å². The predicted octanol–water partition coefficient (Wildman–Crippen LogP) is 4.59. The van der Waals surface area contributed by atoms with E-state index in [1.165, 1.54) is 0 Å². The Balaban J connectivity index is 1.61. The third-order valence-corrected chi connectivity index (χ3v) is 10.3. The van der Waals surface area contributed by atoms with E-state index in [2.05, 4.69) is 13.8 Å². The van der Waals surface area contributed by atoms with Crippen molar-refractivity contribution < 1.29 is 28.7 Å². The lowest BCUT2D eigenvalue weighted by atomic mass is 9.49. The summed E-state index contributed by atoms with van der Waals surface area (Å²) in [5.74, 6) is -0.328. The molecule has 4 aliphatic carbocycles. The Morgan fingerprint density at radius 1 is 0.667 bits per heavy atom. The number of carbonyl (C=O) groups excluding carboxylic acids is 4. The zero-order valence-electron chi connectivity index (χ0n) is 21.9.